The summed E-state index contributed by atoms with van der Waals surface area (Å²) in [5, 5.41) is 9.54. The summed E-state index contributed by atoms with van der Waals surface area (Å²) in [6.45, 7) is 2.47. The topological polar surface area (TPSA) is 66.4 Å². The third-order valence-electron chi connectivity index (χ3n) is 4.41. The summed E-state index contributed by atoms with van der Waals surface area (Å²) in [4.78, 5) is 0.299. The molecule has 4 nitrogen and oxygen atoms in total. The van der Waals surface area contributed by atoms with Crippen LogP contribution in [0.2, 0.25) is 0 Å². The van der Waals surface area contributed by atoms with Gasteiger partial charge in [-0.25, -0.2) is 13.1 Å². The Bertz CT molecular complexity index is 545. The molecule has 0 aliphatic heterocycles. The standard InChI is InChI=1S/C16H25NO3S/c1-2-5-14-6-8-15(9-7-14)21(19,20)17-12-16(13-18)10-3-4-11-16/h6-9,17-18H,2-5,10-13H2,1H3. The van der Waals surface area contributed by atoms with E-state index in [1.165, 1.54) is 0 Å². The molecule has 0 atom stereocenters. The van der Waals surface area contributed by atoms with Crippen LogP contribution in [0, 0.1) is 5.41 Å². The maximum absolute atomic E-state index is 12.3. The van der Waals surface area contributed by atoms with Gasteiger partial charge < -0.3 is 5.11 Å². The molecule has 1 aliphatic carbocycles. The van der Waals surface area contributed by atoms with Gasteiger partial charge in [-0.1, -0.05) is 38.3 Å². The van der Waals surface area contributed by atoms with E-state index in [1.54, 1.807) is 12.1 Å². The molecule has 1 saturated carbocycles. The van der Waals surface area contributed by atoms with Crippen molar-refractivity contribution in [2.45, 2.75) is 50.3 Å². The van der Waals surface area contributed by atoms with Gasteiger partial charge in [0.15, 0.2) is 0 Å². The van der Waals surface area contributed by atoms with Crippen LogP contribution in [0.4, 0.5) is 0 Å². The molecule has 118 valence electrons. The number of aryl methyl sites for hydroxylation is 1. The van der Waals surface area contributed by atoms with Gasteiger partial charge in [-0.3, -0.25) is 0 Å². The van der Waals surface area contributed by atoms with Crippen LogP contribution in [0.5, 0.6) is 0 Å². The lowest BCUT2D eigenvalue weighted by Crippen LogP contribution is -2.38. The first-order valence-corrected chi connectivity index (χ1v) is 9.19. The average Bonchev–Trinajstić information content (AvgIpc) is 2.96. The Balaban J connectivity index is 2.04. The number of aliphatic hydroxyl groups is 1. The van der Waals surface area contributed by atoms with Gasteiger partial charge in [0.1, 0.15) is 0 Å². The number of rotatable bonds is 7. The minimum atomic E-state index is -3.49. The van der Waals surface area contributed by atoms with Crippen molar-refractivity contribution in [3.63, 3.8) is 0 Å². The SMILES string of the molecule is CCCc1ccc(S(=O)(=O)NCC2(CO)CCCC2)cc1. The van der Waals surface area contributed by atoms with Gasteiger partial charge in [0.25, 0.3) is 0 Å². The maximum atomic E-state index is 12.3. The molecule has 0 spiro atoms. The minimum absolute atomic E-state index is 0.0466. The van der Waals surface area contributed by atoms with E-state index >= 15 is 0 Å². The van der Waals surface area contributed by atoms with E-state index in [2.05, 4.69) is 11.6 Å². The second-order valence-corrected chi connectivity index (χ2v) is 7.85. The zero-order valence-electron chi connectivity index (χ0n) is 12.6. The van der Waals surface area contributed by atoms with Crippen LogP contribution in [0.15, 0.2) is 29.2 Å². The number of benzene rings is 1. The Hall–Kier alpha value is -0.910. The van der Waals surface area contributed by atoms with Gasteiger partial charge in [0.05, 0.1) is 4.90 Å². The summed E-state index contributed by atoms with van der Waals surface area (Å²) in [6.07, 6.45) is 5.91. The van der Waals surface area contributed by atoms with Crippen molar-refractivity contribution in [1.82, 2.24) is 4.72 Å². The summed E-state index contributed by atoms with van der Waals surface area (Å²) in [7, 11) is -3.49. The molecule has 0 radical (unpaired) electrons. The molecule has 0 bridgehead atoms. The highest BCUT2D eigenvalue weighted by Crippen LogP contribution is 2.37. The average molecular weight is 311 g/mol. The molecule has 1 aromatic carbocycles. The zero-order chi connectivity index (χ0) is 15.3. The van der Waals surface area contributed by atoms with E-state index in [9.17, 15) is 13.5 Å². The van der Waals surface area contributed by atoms with Gasteiger partial charge in [0, 0.05) is 18.6 Å². The number of hydrogen-bond acceptors (Lipinski definition) is 3. The van der Waals surface area contributed by atoms with Crippen molar-refractivity contribution in [1.29, 1.82) is 0 Å². The lowest BCUT2D eigenvalue weighted by atomic mass is 9.88. The zero-order valence-corrected chi connectivity index (χ0v) is 13.5. The molecule has 0 amide bonds. The van der Waals surface area contributed by atoms with Crippen LogP contribution in [0.25, 0.3) is 0 Å². The quantitative estimate of drug-likeness (QED) is 0.813. The lowest BCUT2D eigenvalue weighted by molar-refractivity contribution is 0.134. The van der Waals surface area contributed by atoms with E-state index in [4.69, 9.17) is 0 Å². The van der Waals surface area contributed by atoms with Crippen molar-refractivity contribution in [2.75, 3.05) is 13.2 Å². The van der Waals surface area contributed by atoms with Gasteiger partial charge in [0.2, 0.25) is 10.0 Å². The summed E-state index contributed by atoms with van der Waals surface area (Å²) in [5.74, 6) is 0. The molecule has 5 heteroatoms. The second-order valence-electron chi connectivity index (χ2n) is 6.08. The van der Waals surface area contributed by atoms with E-state index in [0.717, 1.165) is 44.1 Å². The highest BCUT2D eigenvalue weighted by Gasteiger charge is 2.34. The largest absolute Gasteiger partial charge is 0.396 e. The fourth-order valence-electron chi connectivity index (χ4n) is 2.97. The van der Waals surface area contributed by atoms with Gasteiger partial charge >= 0.3 is 0 Å². The molecule has 1 fully saturated rings. The van der Waals surface area contributed by atoms with Crippen molar-refractivity contribution in [2.24, 2.45) is 5.41 Å². The second kappa shape index (κ2) is 6.90. The first-order valence-electron chi connectivity index (χ1n) is 7.71. The molecular formula is C16H25NO3S. The molecule has 0 unspecified atom stereocenters. The van der Waals surface area contributed by atoms with Crippen LogP contribution < -0.4 is 4.72 Å². The van der Waals surface area contributed by atoms with Crippen molar-refractivity contribution < 1.29 is 13.5 Å². The van der Waals surface area contributed by atoms with Crippen LogP contribution in [0.1, 0.15) is 44.6 Å². The van der Waals surface area contributed by atoms with Crippen LogP contribution in [0.3, 0.4) is 0 Å². The maximum Gasteiger partial charge on any atom is 0.240 e. The Labute approximate surface area is 127 Å². The highest BCUT2D eigenvalue weighted by molar-refractivity contribution is 7.89. The fraction of sp³-hybridized carbons (Fsp3) is 0.625. The Morgan fingerprint density at radius 3 is 2.33 bits per heavy atom. The predicted molar refractivity (Wildman–Crippen MR) is 83.6 cm³/mol. The van der Waals surface area contributed by atoms with Crippen LogP contribution in [-0.2, 0) is 16.4 Å². The molecule has 21 heavy (non-hydrogen) atoms. The van der Waals surface area contributed by atoms with Gasteiger partial charge in [-0.2, -0.15) is 0 Å². The van der Waals surface area contributed by atoms with Crippen LogP contribution >= 0.6 is 0 Å². The molecule has 2 rings (SSSR count). The van der Waals surface area contributed by atoms with Crippen molar-refractivity contribution >= 4 is 10.0 Å². The summed E-state index contributed by atoms with van der Waals surface area (Å²) < 4.78 is 27.3. The molecule has 1 aromatic rings. The van der Waals surface area contributed by atoms with Crippen molar-refractivity contribution in [3.05, 3.63) is 29.8 Å². The number of aliphatic hydroxyl groups excluding tert-OH is 1. The Morgan fingerprint density at radius 1 is 1.19 bits per heavy atom. The molecule has 2 N–H and O–H groups in total. The van der Waals surface area contributed by atoms with E-state index in [-0.39, 0.29) is 12.0 Å². The third kappa shape index (κ3) is 4.05. The summed E-state index contributed by atoms with van der Waals surface area (Å²) in [5.41, 5.74) is 0.883. The number of nitrogens with one attached hydrogen (secondary N) is 1. The smallest absolute Gasteiger partial charge is 0.240 e. The Morgan fingerprint density at radius 2 is 1.81 bits per heavy atom. The normalized spacial score (nSPS) is 18.0. The van der Waals surface area contributed by atoms with E-state index in [0.29, 0.717) is 11.4 Å². The fourth-order valence-corrected chi connectivity index (χ4v) is 4.13. The predicted octanol–water partition coefficient (Wildman–Crippen LogP) is 2.47. The first kappa shape index (κ1) is 16.5. The number of sulfonamides is 1. The summed E-state index contributed by atoms with van der Waals surface area (Å²) >= 11 is 0. The van der Waals surface area contributed by atoms with Gasteiger partial charge in [-0.15, -0.1) is 0 Å². The monoisotopic (exact) mass is 311 g/mol. The molecule has 0 saturated heterocycles. The summed E-state index contributed by atoms with van der Waals surface area (Å²) in [6, 6.07) is 7.06. The van der Waals surface area contributed by atoms with E-state index in [1.807, 2.05) is 12.1 Å². The molecule has 1 aliphatic rings. The minimum Gasteiger partial charge on any atom is -0.396 e. The molecule has 0 aromatic heterocycles. The Kier molecular flexibility index (Phi) is 5.41. The van der Waals surface area contributed by atoms with Gasteiger partial charge in [-0.05, 0) is 37.0 Å². The molecule has 0 heterocycles. The number of hydrogen-bond donors (Lipinski definition) is 2. The van der Waals surface area contributed by atoms with E-state index < -0.39 is 10.0 Å². The van der Waals surface area contributed by atoms with Crippen LogP contribution in [-0.4, -0.2) is 26.7 Å². The first-order chi connectivity index (χ1) is 10.0. The third-order valence-corrected chi connectivity index (χ3v) is 5.83. The lowest BCUT2D eigenvalue weighted by Gasteiger charge is -2.26. The van der Waals surface area contributed by atoms with Crippen molar-refractivity contribution in [3.8, 4) is 0 Å². The molecular weight excluding hydrogens is 286 g/mol. The highest BCUT2D eigenvalue weighted by atomic mass is 32.2.